The SMILES string of the molecule is C1=NNC2CC3NCC=NC3NN12. The van der Waals surface area contributed by atoms with Crippen LogP contribution in [0.3, 0.4) is 0 Å². The second kappa shape index (κ2) is 2.68. The van der Waals surface area contributed by atoms with E-state index in [2.05, 4.69) is 26.3 Å². The molecule has 0 amide bonds. The largest absolute Gasteiger partial charge is 0.305 e. The number of nitrogens with one attached hydrogen (secondary N) is 3. The van der Waals surface area contributed by atoms with Crippen LogP contribution in [0.2, 0.25) is 0 Å². The molecule has 6 nitrogen and oxygen atoms in total. The third-order valence-corrected chi connectivity index (χ3v) is 2.62. The molecule has 0 bridgehead atoms. The maximum absolute atomic E-state index is 4.38. The van der Waals surface area contributed by atoms with E-state index in [1.807, 2.05) is 11.2 Å². The monoisotopic (exact) mass is 180 g/mol. The lowest BCUT2D eigenvalue weighted by molar-refractivity contribution is 0.102. The summed E-state index contributed by atoms with van der Waals surface area (Å²) in [4.78, 5) is 4.38. The molecule has 0 saturated carbocycles. The quantitative estimate of drug-likeness (QED) is 0.422. The van der Waals surface area contributed by atoms with Crippen molar-refractivity contribution >= 4 is 12.6 Å². The molecule has 3 N–H and O–H groups in total. The Kier molecular flexibility index (Phi) is 1.50. The van der Waals surface area contributed by atoms with E-state index in [4.69, 9.17) is 0 Å². The minimum Gasteiger partial charge on any atom is -0.305 e. The maximum Gasteiger partial charge on any atom is 0.132 e. The van der Waals surface area contributed by atoms with E-state index in [9.17, 15) is 0 Å². The average molecular weight is 180 g/mol. The summed E-state index contributed by atoms with van der Waals surface area (Å²) in [5.74, 6) is 0. The predicted molar refractivity (Wildman–Crippen MR) is 49.1 cm³/mol. The lowest BCUT2D eigenvalue weighted by Crippen LogP contribution is -2.64. The van der Waals surface area contributed by atoms with Crippen molar-refractivity contribution in [3.05, 3.63) is 0 Å². The van der Waals surface area contributed by atoms with Crippen molar-refractivity contribution in [3.63, 3.8) is 0 Å². The molecule has 0 aromatic rings. The zero-order valence-corrected chi connectivity index (χ0v) is 7.14. The lowest BCUT2D eigenvalue weighted by atomic mass is 10.1. The van der Waals surface area contributed by atoms with Crippen LogP contribution in [0, 0.1) is 0 Å². The molecule has 13 heavy (non-hydrogen) atoms. The molecular formula is C7H12N6. The van der Waals surface area contributed by atoms with Crippen LogP contribution in [0.5, 0.6) is 0 Å². The molecule has 0 aliphatic carbocycles. The van der Waals surface area contributed by atoms with E-state index in [0.29, 0.717) is 6.04 Å². The van der Waals surface area contributed by atoms with Gasteiger partial charge < -0.3 is 5.32 Å². The van der Waals surface area contributed by atoms with Crippen LogP contribution in [0.25, 0.3) is 0 Å². The number of hydrazine groups is 1. The van der Waals surface area contributed by atoms with Crippen molar-refractivity contribution in [2.75, 3.05) is 6.54 Å². The molecule has 1 saturated heterocycles. The molecule has 3 aliphatic heterocycles. The van der Waals surface area contributed by atoms with Crippen LogP contribution in [0.1, 0.15) is 6.42 Å². The molecule has 3 unspecified atom stereocenters. The maximum atomic E-state index is 4.38. The Balaban J connectivity index is 1.79. The van der Waals surface area contributed by atoms with E-state index in [0.717, 1.165) is 13.0 Å². The minimum absolute atomic E-state index is 0.163. The molecule has 1 fully saturated rings. The summed E-state index contributed by atoms with van der Waals surface area (Å²) in [6.45, 7) is 0.871. The Hall–Kier alpha value is -1.14. The van der Waals surface area contributed by atoms with Crippen molar-refractivity contribution in [2.24, 2.45) is 10.1 Å². The summed E-state index contributed by atoms with van der Waals surface area (Å²) in [5, 5.41) is 9.37. The van der Waals surface area contributed by atoms with Gasteiger partial charge in [-0.2, -0.15) is 5.10 Å². The summed E-state index contributed by atoms with van der Waals surface area (Å²) >= 11 is 0. The number of fused-ring (bicyclic) bond motifs is 2. The predicted octanol–water partition coefficient (Wildman–Crippen LogP) is -1.56. The molecule has 3 atom stereocenters. The van der Waals surface area contributed by atoms with Gasteiger partial charge in [-0.3, -0.25) is 15.4 Å². The normalized spacial score (nSPS) is 41.2. The fraction of sp³-hybridized carbons (Fsp3) is 0.714. The molecule has 0 radical (unpaired) electrons. The van der Waals surface area contributed by atoms with E-state index >= 15 is 0 Å². The van der Waals surface area contributed by atoms with Gasteiger partial charge in [0.15, 0.2) is 0 Å². The topological polar surface area (TPSA) is 64.0 Å². The van der Waals surface area contributed by atoms with Crippen molar-refractivity contribution in [3.8, 4) is 0 Å². The number of hydrogen-bond donors (Lipinski definition) is 3. The van der Waals surface area contributed by atoms with E-state index in [-0.39, 0.29) is 12.3 Å². The highest BCUT2D eigenvalue weighted by Gasteiger charge is 2.36. The molecule has 6 heteroatoms. The van der Waals surface area contributed by atoms with Gasteiger partial charge in [-0.25, -0.2) is 5.43 Å². The number of rotatable bonds is 0. The van der Waals surface area contributed by atoms with Gasteiger partial charge in [-0.05, 0) is 0 Å². The van der Waals surface area contributed by atoms with E-state index in [1.165, 1.54) is 0 Å². The zero-order valence-electron chi connectivity index (χ0n) is 7.14. The first-order valence-electron chi connectivity index (χ1n) is 4.52. The molecule has 0 spiro atoms. The van der Waals surface area contributed by atoms with Crippen LogP contribution in [-0.4, -0.2) is 42.5 Å². The van der Waals surface area contributed by atoms with E-state index < -0.39 is 0 Å². The minimum atomic E-state index is 0.163. The number of nitrogens with zero attached hydrogens (tertiary/aromatic N) is 3. The van der Waals surface area contributed by atoms with Crippen LogP contribution < -0.4 is 16.2 Å². The first kappa shape index (κ1) is 7.28. The van der Waals surface area contributed by atoms with Crippen LogP contribution in [0.4, 0.5) is 0 Å². The molecule has 3 heterocycles. The average Bonchev–Trinajstić information content (AvgIpc) is 2.61. The zero-order chi connectivity index (χ0) is 8.67. The van der Waals surface area contributed by atoms with Crippen molar-refractivity contribution in [2.45, 2.75) is 24.8 Å². The Bertz CT molecular complexity index is 262. The molecular weight excluding hydrogens is 168 g/mol. The van der Waals surface area contributed by atoms with E-state index in [1.54, 1.807) is 6.34 Å². The Morgan fingerprint density at radius 3 is 3.46 bits per heavy atom. The Morgan fingerprint density at radius 1 is 1.46 bits per heavy atom. The molecule has 70 valence electrons. The Morgan fingerprint density at radius 2 is 2.46 bits per heavy atom. The van der Waals surface area contributed by atoms with Crippen LogP contribution >= 0.6 is 0 Å². The summed E-state index contributed by atoms with van der Waals surface area (Å²) in [7, 11) is 0. The van der Waals surface area contributed by atoms with Gasteiger partial charge in [0.05, 0.1) is 0 Å². The van der Waals surface area contributed by atoms with Gasteiger partial charge >= 0.3 is 0 Å². The van der Waals surface area contributed by atoms with Gasteiger partial charge in [0.1, 0.15) is 18.7 Å². The van der Waals surface area contributed by atoms with Crippen LogP contribution in [0.15, 0.2) is 10.1 Å². The van der Waals surface area contributed by atoms with Crippen molar-refractivity contribution in [1.82, 2.24) is 21.2 Å². The van der Waals surface area contributed by atoms with Crippen molar-refractivity contribution < 1.29 is 0 Å². The highest BCUT2D eigenvalue weighted by molar-refractivity contribution is 5.61. The number of aliphatic imine (C=N–C) groups is 1. The number of hydrogen-bond acceptors (Lipinski definition) is 6. The second-order valence-electron chi connectivity index (χ2n) is 3.45. The fourth-order valence-electron chi connectivity index (χ4n) is 1.93. The summed E-state index contributed by atoms with van der Waals surface area (Å²) in [6.07, 6.45) is 5.15. The molecule has 3 rings (SSSR count). The molecule has 0 aromatic carbocycles. The fourth-order valence-corrected chi connectivity index (χ4v) is 1.93. The highest BCUT2D eigenvalue weighted by atomic mass is 15.7. The summed E-state index contributed by atoms with van der Waals surface area (Å²) in [5.41, 5.74) is 6.31. The molecule has 3 aliphatic rings. The highest BCUT2D eigenvalue weighted by Crippen LogP contribution is 2.16. The van der Waals surface area contributed by atoms with Gasteiger partial charge in [0.2, 0.25) is 0 Å². The van der Waals surface area contributed by atoms with Gasteiger partial charge in [-0.15, -0.1) is 0 Å². The standard InChI is InChI=1S/C7H12N6/c1-2-9-7-5(8-1)3-6-11-10-4-13(6)12-7/h2,4-8,11-12H,1,3H2. The van der Waals surface area contributed by atoms with Crippen molar-refractivity contribution in [1.29, 1.82) is 0 Å². The first-order chi connectivity index (χ1) is 6.43. The van der Waals surface area contributed by atoms with Gasteiger partial charge in [-0.1, -0.05) is 0 Å². The van der Waals surface area contributed by atoms with Gasteiger partial charge in [0.25, 0.3) is 0 Å². The third kappa shape index (κ3) is 1.10. The number of hydrazone groups is 1. The lowest BCUT2D eigenvalue weighted by Gasteiger charge is -2.40. The van der Waals surface area contributed by atoms with Crippen LogP contribution in [-0.2, 0) is 0 Å². The second-order valence-corrected chi connectivity index (χ2v) is 3.45. The molecule has 0 aromatic heterocycles. The van der Waals surface area contributed by atoms with Gasteiger partial charge in [0, 0.05) is 25.2 Å². The smallest absolute Gasteiger partial charge is 0.132 e. The summed E-state index contributed by atoms with van der Waals surface area (Å²) < 4.78 is 0. The first-order valence-corrected chi connectivity index (χ1v) is 4.52. The third-order valence-electron chi connectivity index (χ3n) is 2.62. The summed E-state index contributed by atoms with van der Waals surface area (Å²) in [6, 6.07) is 0.417. The Labute approximate surface area is 76.1 Å².